The smallest absolute Gasteiger partial charge is 0.326 e. The van der Waals surface area contributed by atoms with Crippen LogP contribution < -0.4 is 9.47 Å². The number of piperazine rings is 1. The predicted octanol–water partition coefficient (Wildman–Crippen LogP) is 6.46. The van der Waals surface area contributed by atoms with Gasteiger partial charge in [-0.2, -0.15) is 0 Å². The molecule has 2 aliphatic heterocycles. The van der Waals surface area contributed by atoms with Crippen LogP contribution in [-0.4, -0.2) is 92.9 Å². The lowest BCUT2D eigenvalue weighted by molar-refractivity contribution is 0.0880. The number of nitrogens with zero attached hydrogens (tertiary/aromatic N) is 4. The van der Waals surface area contributed by atoms with E-state index in [9.17, 15) is 8.42 Å². The van der Waals surface area contributed by atoms with Crippen LogP contribution in [0, 0.1) is 0 Å². The maximum Gasteiger partial charge on any atom is 0.326 e. The molecule has 0 aromatic heterocycles. The Bertz CT molecular complexity index is 1740. The van der Waals surface area contributed by atoms with Crippen LogP contribution in [0.25, 0.3) is 0 Å². The van der Waals surface area contributed by atoms with Crippen LogP contribution in [0.2, 0.25) is 10.0 Å². The van der Waals surface area contributed by atoms with Gasteiger partial charge in [-0.1, -0.05) is 47.5 Å². The van der Waals surface area contributed by atoms with Crippen LogP contribution in [0.15, 0.2) is 71.7 Å². The summed E-state index contributed by atoms with van der Waals surface area (Å²) >= 11 is 12.7. The van der Waals surface area contributed by atoms with Crippen LogP contribution in [0.3, 0.4) is 0 Å². The van der Waals surface area contributed by atoms with Gasteiger partial charge in [0.05, 0.1) is 24.5 Å². The van der Waals surface area contributed by atoms with Crippen molar-refractivity contribution >= 4 is 44.9 Å². The molecule has 12 heteroatoms. The second-order valence-electron chi connectivity index (χ2n) is 12.7. The van der Waals surface area contributed by atoms with Gasteiger partial charge in [-0.3, -0.25) is 14.8 Å². The molecule has 47 heavy (non-hydrogen) atoms. The molecule has 0 unspecified atom stereocenters. The minimum atomic E-state index is -3.10. The molecule has 3 aromatic carbocycles. The minimum absolute atomic E-state index is 0.0774. The van der Waals surface area contributed by atoms with E-state index in [0.29, 0.717) is 65.7 Å². The van der Waals surface area contributed by atoms with E-state index in [1.165, 1.54) is 6.26 Å². The van der Waals surface area contributed by atoms with E-state index in [2.05, 4.69) is 4.90 Å². The number of amides is 2. The van der Waals surface area contributed by atoms with Gasteiger partial charge in [0.1, 0.15) is 38.2 Å². The monoisotopic (exact) mass is 700 g/mol. The van der Waals surface area contributed by atoms with Crippen molar-refractivity contribution in [1.82, 2.24) is 14.7 Å². The van der Waals surface area contributed by atoms with E-state index in [0.717, 1.165) is 11.1 Å². The van der Waals surface area contributed by atoms with Gasteiger partial charge >= 0.3 is 6.03 Å². The Morgan fingerprint density at radius 2 is 1.49 bits per heavy atom. The molecule has 0 radical (unpaired) electrons. The number of urea groups is 1. The number of amidine groups is 1. The first-order chi connectivity index (χ1) is 22.2. The van der Waals surface area contributed by atoms with Gasteiger partial charge in [-0.25, -0.2) is 13.2 Å². The molecule has 5 rings (SSSR count). The molecule has 0 N–H and O–H groups in total. The number of rotatable bonds is 9. The first kappa shape index (κ1) is 35.0. The number of hydrogen-bond acceptors (Lipinski definition) is 7. The molecular formula is C35H42Cl2N4O5S. The fraction of sp³-hybridized carbons (Fsp3) is 0.429. The SMILES string of the molecule is COc1ccc(C2=N[C@@](C)(c3ccc(Cl)cc3)[C@](C)(c3ccc(Cl)cc3)N2C(=O)N2CCN(CCS(C)(=O)=O)CC2)c(OC(C)C)c1. The van der Waals surface area contributed by atoms with Crippen LogP contribution in [0.4, 0.5) is 4.79 Å². The molecule has 2 amide bonds. The summed E-state index contributed by atoms with van der Waals surface area (Å²) in [6, 6.07) is 20.4. The third-order valence-corrected chi connectivity index (χ3v) is 10.6. The highest BCUT2D eigenvalue weighted by molar-refractivity contribution is 7.90. The Hall–Kier alpha value is -3.31. The lowest BCUT2D eigenvalue weighted by Gasteiger charge is -2.47. The van der Waals surface area contributed by atoms with E-state index >= 15 is 4.79 Å². The second-order valence-corrected chi connectivity index (χ2v) is 15.8. The van der Waals surface area contributed by atoms with Crippen molar-refractivity contribution in [2.75, 3.05) is 51.8 Å². The summed E-state index contributed by atoms with van der Waals surface area (Å²) < 4.78 is 35.5. The zero-order valence-electron chi connectivity index (χ0n) is 27.7. The average molecular weight is 702 g/mol. The summed E-state index contributed by atoms with van der Waals surface area (Å²) in [7, 11) is -1.50. The van der Waals surface area contributed by atoms with Gasteiger partial charge in [-0.15, -0.1) is 0 Å². The summed E-state index contributed by atoms with van der Waals surface area (Å²) in [4.78, 5) is 26.2. The summed E-state index contributed by atoms with van der Waals surface area (Å²) in [5, 5.41) is 1.17. The van der Waals surface area contributed by atoms with Crippen molar-refractivity contribution in [3.8, 4) is 11.5 Å². The van der Waals surface area contributed by atoms with E-state index in [1.54, 1.807) is 12.0 Å². The quantitative estimate of drug-likeness (QED) is 0.254. The van der Waals surface area contributed by atoms with Gasteiger partial charge in [0.15, 0.2) is 0 Å². The summed E-state index contributed by atoms with van der Waals surface area (Å²) in [5.41, 5.74) is 0.344. The van der Waals surface area contributed by atoms with E-state index < -0.39 is 20.9 Å². The van der Waals surface area contributed by atoms with Crippen LogP contribution >= 0.6 is 23.2 Å². The Morgan fingerprint density at radius 1 is 0.915 bits per heavy atom. The normalized spacial score (nSPS) is 22.0. The second kappa shape index (κ2) is 13.7. The van der Waals surface area contributed by atoms with Crippen LogP contribution in [0.5, 0.6) is 11.5 Å². The summed E-state index contributed by atoms with van der Waals surface area (Å²) in [6.45, 7) is 10.4. The third-order valence-electron chi connectivity index (χ3n) is 9.15. The van der Waals surface area contributed by atoms with Crippen molar-refractivity contribution in [2.24, 2.45) is 4.99 Å². The number of sulfone groups is 1. The Morgan fingerprint density at radius 3 is 2.02 bits per heavy atom. The van der Waals surface area contributed by atoms with E-state index in [4.69, 9.17) is 37.7 Å². The standard InChI is InChI=1S/C35H42Cl2N4O5S/c1-24(2)46-31-23-29(45-5)15-16-30(31)32-38-34(3,25-7-11-27(36)12-8-25)35(4,26-9-13-28(37)14-10-26)41(32)33(42)40-19-17-39(18-20-40)21-22-47(6,43)44/h7-16,23-24H,17-22H2,1-6H3/t34-,35-/m0/s1. The predicted molar refractivity (Wildman–Crippen MR) is 188 cm³/mol. The molecule has 2 atom stereocenters. The first-order valence-electron chi connectivity index (χ1n) is 15.6. The number of halogens is 2. The van der Waals surface area contributed by atoms with Crippen molar-refractivity contribution < 1.29 is 22.7 Å². The maximum absolute atomic E-state index is 15.0. The van der Waals surface area contributed by atoms with E-state index in [-0.39, 0.29) is 17.9 Å². The van der Waals surface area contributed by atoms with Crippen LogP contribution in [0.1, 0.15) is 44.4 Å². The number of carbonyl (C=O) groups is 1. The van der Waals surface area contributed by atoms with Crippen molar-refractivity contribution in [3.63, 3.8) is 0 Å². The van der Waals surface area contributed by atoms with Crippen LogP contribution in [-0.2, 0) is 20.9 Å². The molecule has 0 saturated carbocycles. The Labute approximate surface area is 288 Å². The largest absolute Gasteiger partial charge is 0.497 e. The lowest BCUT2D eigenvalue weighted by atomic mass is 9.71. The molecule has 2 aliphatic rings. The number of ether oxygens (including phenoxy) is 2. The Kier molecular flexibility index (Phi) is 10.2. The summed E-state index contributed by atoms with van der Waals surface area (Å²) in [5.74, 6) is 1.70. The average Bonchev–Trinajstić information content (AvgIpc) is 3.27. The lowest BCUT2D eigenvalue weighted by Crippen LogP contribution is -2.60. The highest BCUT2D eigenvalue weighted by Crippen LogP contribution is 2.54. The summed E-state index contributed by atoms with van der Waals surface area (Å²) in [6.07, 6.45) is 1.09. The number of benzene rings is 3. The number of aliphatic imine (C=N–C) groups is 1. The maximum atomic E-state index is 15.0. The van der Waals surface area contributed by atoms with Gasteiger partial charge in [0.2, 0.25) is 0 Å². The van der Waals surface area contributed by atoms with E-state index in [1.807, 2.05) is 99.3 Å². The van der Waals surface area contributed by atoms with Crippen molar-refractivity contribution in [2.45, 2.75) is 44.9 Å². The van der Waals surface area contributed by atoms with Gasteiger partial charge in [-0.05, 0) is 75.2 Å². The fourth-order valence-electron chi connectivity index (χ4n) is 6.33. The molecule has 0 spiro atoms. The number of hydrogen-bond donors (Lipinski definition) is 0. The zero-order chi connectivity index (χ0) is 34.1. The van der Waals surface area contributed by atoms with Gasteiger partial charge in [0, 0.05) is 55.1 Å². The molecule has 1 saturated heterocycles. The number of carbonyl (C=O) groups excluding carboxylic acids is 1. The molecule has 2 heterocycles. The first-order valence-corrected chi connectivity index (χ1v) is 18.4. The molecule has 1 fully saturated rings. The molecule has 0 aliphatic carbocycles. The van der Waals surface area contributed by atoms with Crippen molar-refractivity contribution in [1.29, 1.82) is 0 Å². The third kappa shape index (κ3) is 7.11. The van der Waals surface area contributed by atoms with Crippen molar-refractivity contribution in [3.05, 3.63) is 93.5 Å². The highest BCUT2D eigenvalue weighted by Gasteiger charge is 2.60. The number of methoxy groups -OCH3 is 1. The van der Waals surface area contributed by atoms with Gasteiger partial charge < -0.3 is 14.4 Å². The fourth-order valence-corrected chi connectivity index (χ4v) is 7.17. The van der Waals surface area contributed by atoms with Gasteiger partial charge in [0.25, 0.3) is 0 Å². The molecule has 0 bridgehead atoms. The highest BCUT2D eigenvalue weighted by atomic mass is 35.5. The molecular weight excluding hydrogens is 659 g/mol. The molecule has 9 nitrogen and oxygen atoms in total. The Balaban J connectivity index is 1.68. The molecule has 252 valence electrons. The topological polar surface area (TPSA) is 91.8 Å². The zero-order valence-corrected chi connectivity index (χ0v) is 30.0. The molecule has 3 aromatic rings. The minimum Gasteiger partial charge on any atom is -0.497 e.